The van der Waals surface area contributed by atoms with Crippen LogP contribution in [0.1, 0.15) is 24.0 Å². The first-order valence-electron chi connectivity index (χ1n) is 10.7. The fourth-order valence-electron chi connectivity index (χ4n) is 5.16. The lowest BCUT2D eigenvalue weighted by molar-refractivity contribution is -0.139. The molecule has 154 valence electrons. The molecule has 2 fully saturated rings. The molecule has 3 aromatic rings. The Morgan fingerprint density at radius 3 is 2.60 bits per heavy atom. The van der Waals surface area contributed by atoms with Crippen LogP contribution in [0.2, 0.25) is 0 Å². The van der Waals surface area contributed by atoms with Crippen molar-refractivity contribution in [2.24, 2.45) is 5.41 Å². The van der Waals surface area contributed by atoms with E-state index in [9.17, 15) is 4.79 Å². The molecule has 0 unspecified atom stereocenters. The Bertz CT molecular complexity index is 1130. The summed E-state index contributed by atoms with van der Waals surface area (Å²) in [5.41, 5.74) is 7.76. The van der Waals surface area contributed by atoms with Crippen LogP contribution in [-0.2, 0) is 4.79 Å². The monoisotopic (exact) mass is 400 g/mol. The van der Waals surface area contributed by atoms with Gasteiger partial charge in [0.05, 0.1) is 11.7 Å². The Morgan fingerprint density at radius 1 is 1.13 bits per heavy atom. The van der Waals surface area contributed by atoms with Gasteiger partial charge in [0.15, 0.2) is 0 Å². The SMILES string of the molecule is C=CC(=O)N1CC2(CCN(c3ccc(C)c(-c4c(C)ccc5[nH]ncc45)c3)CC2)C1. The molecule has 5 nitrogen and oxygen atoms in total. The molecule has 0 radical (unpaired) electrons. The van der Waals surface area contributed by atoms with Crippen molar-refractivity contribution in [2.45, 2.75) is 26.7 Å². The molecule has 1 spiro atoms. The topological polar surface area (TPSA) is 52.2 Å². The summed E-state index contributed by atoms with van der Waals surface area (Å²) in [7, 11) is 0. The van der Waals surface area contributed by atoms with Crippen LogP contribution in [0.5, 0.6) is 0 Å². The minimum Gasteiger partial charge on any atom is -0.371 e. The number of carbonyl (C=O) groups excluding carboxylic acids is 1. The first kappa shape index (κ1) is 18.9. The smallest absolute Gasteiger partial charge is 0.245 e. The molecule has 0 saturated carbocycles. The Balaban J connectivity index is 1.39. The number of nitrogens with one attached hydrogen (secondary N) is 1. The maximum atomic E-state index is 11.8. The maximum absolute atomic E-state index is 11.8. The number of amides is 1. The van der Waals surface area contributed by atoms with Gasteiger partial charge in [0.25, 0.3) is 0 Å². The van der Waals surface area contributed by atoms with E-state index in [4.69, 9.17) is 0 Å². The lowest BCUT2D eigenvalue weighted by atomic mass is 9.72. The van der Waals surface area contributed by atoms with E-state index in [1.54, 1.807) is 0 Å². The van der Waals surface area contributed by atoms with Gasteiger partial charge >= 0.3 is 0 Å². The third-order valence-electron chi connectivity index (χ3n) is 7.05. The first-order valence-corrected chi connectivity index (χ1v) is 10.7. The number of hydrogen-bond acceptors (Lipinski definition) is 3. The maximum Gasteiger partial charge on any atom is 0.245 e. The lowest BCUT2D eigenvalue weighted by Crippen LogP contribution is -2.61. The van der Waals surface area contributed by atoms with Gasteiger partial charge in [0, 0.05) is 42.7 Å². The van der Waals surface area contributed by atoms with Gasteiger partial charge in [-0.1, -0.05) is 18.7 Å². The van der Waals surface area contributed by atoms with E-state index >= 15 is 0 Å². The zero-order valence-corrected chi connectivity index (χ0v) is 17.7. The molecule has 0 bridgehead atoms. The van der Waals surface area contributed by atoms with Gasteiger partial charge in [-0.05, 0) is 73.2 Å². The van der Waals surface area contributed by atoms with Crippen molar-refractivity contribution in [2.75, 3.05) is 31.1 Å². The molecular weight excluding hydrogens is 372 g/mol. The van der Waals surface area contributed by atoms with Crippen molar-refractivity contribution in [1.82, 2.24) is 15.1 Å². The number of carbonyl (C=O) groups is 1. The minimum absolute atomic E-state index is 0.0648. The van der Waals surface area contributed by atoms with E-state index in [0.29, 0.717) is 5.41 Å². The van der Waals surface area contributed by atoms with Gasteiger partial charge in [-0.3, -0.25) is 9.89 Å². The van der Waals surface area contributed by atoms with Gasteiger partial charge in [-0.2, -0.15) is 5.10 Å². The van der Waals surface area contributed by atoms with Crippen LogP contribution in [0.25, 0.3) is 22.0 Å². The average Bonchev–Trinajstić information content (AvgIpc) is 3.21. The predicted molar refractivity (Wildman–Crippen MR) is 122 cm³/mol. The molecular formula is C25H28N4O. The second-order valence-electron chi connectivity index (χ2n) is 8.97. The van der Waals surface area contributed by atoms with Crippen LogP contribution < -0.4 is 4.90 Å². The fraction of sp³-hybridized carbons (Fsp3) is 0.360. The van der Waals surface area contributed by atoms with Gasteiger partial charge in [-0.25, -0.2) is 0 Å². The third-order valence-corrected chi connectivity index (χ3v) is 7.05. The number of anilines is 1. The van der Waals surface area contributed by atoms with Crippen LogP contribution in [0.15, 0.2) is 49.2 Å². The molecule has 5 heteroatoms. The number of nitrogens with zero attached hydrogens (tertiary/aromatic N) is 3. The summed E-state index contributed by atoms with van der Waals surface area (Å²) < 4.78 is 0. The highest BCUT2D eigenvalue weighted by Gasteiger charge is 2.46. The average molecular weight is 401 g/mol. The first-order chi connectivity index (χ1) is 14.5. The number of likely N-dealkylation sites (tertiary alicyclic amines) is 1. The quantitative estimate of drug-likeness (QED) is 0.661. The van der Waals surface area contributed by atoms with Crippen LogP contribution in [0, 0.1) is 19.3 Å². The molecule has 30 heavy (non-hydrogen) atoms. The summed E-state index contributed by atoms with van der Waals surface area (Å²) in [5.74, 6) is 0.0648. The van der Waals surface area contributed by atoms with Crippen LogP contribution in [0.4, 0.5) is 5.69 Å². The predicted octanol–water partition coefficient (Wildman–Crippen LogP) is 4.46. The highest BCUT2D eigenvalue weighted by atomic mass is 16.2. The van der Waals surface area contributed by atoms with Crippen molar-refractivity contribution in [3.8, 4) is 11.1 Å². The summed E-state index contributed by atoms with van der Waals surface area (Å²) in [5, 5.41) is 8.53. The Kier molecular flexibility index (Phi) is 4.42. The van der Waals surface area contributed by atoms with Gasteiger partial charge in [0.1, 0.15) is 0 Å². The fourth-order valence-corrected chi connectivity index (χ4v) is 5.16. The summed E-state index contributed by atoms with van der Waals surface area (Å²) in [6, 6.07) is 11.1. The second-order valence-corrected chi connectivity index (χ2v) is 8.97. The van der Waals surface area contributed by atoms with Gasteiger partial charge in [-0.15, -0.1) is 0 Å². The third kappa shape index (κ3) is 3.00. The molecule has 0 atom stereocenters. The van der Waals surface area contributed by atoms with E-state index in [1.165, 1.54) is 39.4 Å². The Labute approximate surface area is 177 Å². The number of H-pyrrole nitrogens is 1. The standard InChI is InChI=1S/C25H28N4O/c1-4-23(30)29-15-25(16-29)9-11-28(12-10-25)19-7-5-17(2)20(13-19)24-18(3)6-8-22-21(24)14-26-27-22/h4-8,13-14H,1,9-12,15-16H2,2-3H3,(H,26,27). The Morgan fingerprint density at radius 2 is 1.87 bits per heavy atom. The molecule has 5 rings (SSSR count). The zero-order chi connectivity index (χ0) is 20.9. The van der Waals surface area contributed by atoms with Crippen LogP contribution in [-0.4, -0.2) is 47.2 Å². The summed E-state index contributed by atoms with van der Waals surface area (Å²) in [6.07, 6.45) is 5.63. The molecule has 1 N–H and O–H groups in total. The number of aromatic nitrogens is 2. The number of rotatable bonds is 3. The highest BCUT2D eigenvalue weighted by molar-refractivity contribution is 5.97. The number of aryl methyl sites for hydroxylation is 2. The van der Waals surface area contributed by atoms with Crippen molar-refractivity contribution in [3.05, 3.63) is 60.3 Å². The largest absolute Gasteiger partial charge is 0.371 e. The zero-order valence-electron chi connectivity index (χ0n) is 17.7. The summed E-state index contributed by atoms with van der Waals surface area (Å²) in [6.45, 7) is 11.8. The normalized spacial score (nSPS) is 17.9. The number of aromatic amines is 1. The summed E-state index contributed by atoms with van der Waals surface area (Å²) >= 11 is 0. The van der Waals surface area contributed by atoms with E-state index in [-0.39, 0.29) is 5.91 Å². The second kappa shape index (κ2) is 7.01. The van der Waals surface area contributed by atoms with E-state index < -0.39 is 0 Å². The number of fused-ring (bicyclic) bond motifs is 1. The molecule has 2 saturated heterocycles. The van der Waals surface area contributed by atoms with Crippen LogP contribution in [0.3, 0.4) is 0 Å². The molecule has 2 aliphatic rings. The lowest BCUT2D eigenvalue weighted by Gasteiger charge is -2.54. The summed E-state index contributed by atoms with van der Waals surface area (Å²) in [4.78, 5) is 16.2. The minimum atomic E-state index is 0.0648. The molecule has 1 aromatic heterocycles. The van der Waals surface area contributed by atoms with Gasteiger partial charge in [0.2, 0.25) is 5.91 Å². The van der Waals surface area contributed by atoms with Gasteiger partial charge < -0.3 is 9.80 Å². The highest BCUT2D eigenvalue weighted by Crippen LogP contribution is 2.42. The molecule has 1 amide bonds. The van der Waals surface area contributed by atoms with Crippen molar-refractivity contribution in [3.63, 3.8) is 0 Å². The van der Waals surface area contributed by atoms with Crippen LogP contribution >= 0.6 is 0 Å². The van der Waals surface area contributed by atoms with Crippen molar-refractivity contribution < 1.29 is 4.79 Å². The molecule has 0 aliphatic carbocycles. The van der Waals surface area contributed by atoms with E-state index in [1.807, 2.05) is 11.1 Å². The molecule has 3 heterocycles. The number of piperidine rings is 1. The van der Waals surface area contributed by atoms with Crippen molar-refractivity contribution in [1.29, 1.82) is 0 Å². The van der Waals surface area contributed by atoms with E-state index in [0.717, 1.165) is 44.5 Å². The number of benzene rings is 2. The number of hydrogen-bond donors (Lipinski definition) is 1. The molecule has 2 aliphatic heterocycles. The van der Waals surface area contributed by atoms with Crippen molar-refractivity contribution >= 4 is 22.5 Å². The molecule has 2 aromatic carbocycles. The Hall–Kier alpha value is -3.08. The van der Waals surface area contributed by atoms with E-state index in [2.05, 4.69) is 65.9 Å².